The molecule has 2 aromatic carbocycles. The van der Waals surface area contributed by atoms with Crippen LogP contribution in [-0.4, -0.2) is 57.1 Å². The highest BCUT2D eigenvalue weighted by atomic mass is 35.5. The quantitative estimate of drug-likeness (QED) is 0.283. The van der Waals surface area contributed by atoms with Gasteiger partial charge in [-0.05, 0) is 62.1 Å². The monoisotopic (exact) mass is 619 g/mol. The Hall–Kier alpha value is -2.20. The van der Waals surface area contributed by atoms with Crippen molar-refractivity contribution in [3.8, 4) is 5.75 Å². The van der Waals surface area contributed by atoms with E-state index in [1.165, 1.54) is 22.4 Å². The lowest BCUT2D eigenvalue weighted by atomic mass is 10.1. The summed E-state index contributed by atoms with van der Waals surface area (Å²) in [6.45, 7) is 5.90. The summed E-state index contributed by atoms with van der Waals surface area (Å²) in [6.07, 6.45) is 2.48. The zero-order valence-electron chi connectivity index (χ0n) is 22.8. The van der Waals surface area contributed by atoms with Gasteiger partial charge in [0.1, 0.15) is 11.8 Å². The highest BCUT2D eigenvalue weighted by molar-refractivity contribution is 7.92. The van der Waals surface area contributed by atoms with Gasteiger partial charge in [0.2, 0.25) is 21.8 Å². The number of amides is 2. The Morgan fingerprint density at radius 3 is 2.23 bits per heavy atom. The summed E-state index contributed by atoms with van der Waals surface area (Å²) in [5, 5.41) is 3.97. The van der Waals surface area contributed by atoms with Gasteiger partial charge in [0.25, 0.3) is 0 Å². The van der Waals surface area contributed by atoms with Gasteiger partial charge in [0, 0.05) is 25.6 Å². The van der Waals surface area contributed by atoms with Gasteiger partial charge in [-0.15, -0.1) is 0 Å². The fraction of sp³-hybridized carbons (Fsp3) is 0.481. The van der Waals surface area contributed by atoms with Gasteiger partial charge in [-0.1, -0.05) is 54.7 Å². The predicted octanol–water partition coefficient (Wildman–Crippen LogP) is 5.92. The van der Waals surface area contributed by atoms with E-state index in [1.807, 2.05) is 20.8 Å². The lowest BCUT2D eigenvalue weighted by Gasteiger charge is -2.32. The number of carbonyl (C=O) groups is 2. The summed E-state index contributed by atoms with van der Waals surface area (Å²) < 4.78 is 31.5. The lowest BCUT2D eigenvalue weighted by Crippen LogP contribution is -2.50. The number of carbonyl (C=O) groups excluding carboxylic acids is 2. The molecule has 0 aliphatic rings. The van der Waals surface area contributed by atoms with Crippen LogP contribution >= 0.6 is 34.8 Å². The molecule has 1 N–H and O–H groups in total. The number of halogens is 3. The Bertz CT molecular complexity index is 1260. The maximum absolute atomic E-state index is 13.5. The minimum absolute atomic E-state index is 0.0182. The van der Waals surface area contributed by atoms with Gasteiger partial charge in [-0.3, -0.25) is 13.9 Å². The van der Waals surface area contributed by atoms with Crippen LogP contribution in [0.1, 0.15) is 52.0 Å². The van der Waals surface area contributed by atoms with Crippen molar-refractivity contribution in [3.05, 3.63) is 57.0 Å². The standard InChI is InChI=1S/C27H36Cl3N3O5S/c1-6-18(3)31-27(35)24(7-2)32(17-19-10-12-21(28)22(29)15-19)26(34)9-8-14-33(39(5,36)37)20-11-13-25(38-4)23(30)16-20/h10-13,15-16,18,24H,6-9,14,17H2,1-5H3,(H,31,35)/t18-,24+/m0/s1. The summed E-state index contributed by atoms with van der Waals surface area (Å²) in [5.41, 5.74) is 1.08. The van der Waals surface area contributed by atoms with E-state index in [9.17, 15) is 18.0 Å². The van der Waals surface area contributed by atoms with Gasteiger partial charge in [0.05, 0.1) is 34.1 Å². The molecule has 0 radical (unpaired) electrons. The molecule has 0 bridgehead atoms. The molecule has 0 aromatic heterocycles. The molecule has 0 heterocycles. The molecule has 12 heteroatoms. The maximum atomic E-state index is 13.5. The molecular weight excluding hydrogens is 585 g/mol. The first-order valence-corrected chi connectivity index (χ1v) is 15.7. The van der Waals surface area contributed by atoms with Gasteiger partial charge in [0.15, 0.2) is 0 Å². The zero-order chi connectivity index (χ0) is 29.3. The molecule has 39 heavy (non-hydrogen) atoms. The Labute approximate surface area is 246 Å². The third-order valence-electron chi connectivity index (χ3n) is 6.30. The van der Waals surface area contributed by atoms with Crippen LogP contribution in [0.15, 0.2) is 36.4 Å². The Balaban J connectivity index is 2.27. The maximum Gasteiger partial charge on any atom is 0.243 e. The first-order chi connectivity index (χ1) is 18.3. The molecule has 8 nitrogen and oxygen atoms in total. The lowest BCUT2D eigenvalue weighted by molar-refractivity contribution is -0.141. The van der Waals surface area contributed by atoms with Crippen molar-refractivity contribution in [1.29, 1.82) is 0 Å². The van der Waals surface area contributed by atoms with E-state index in [-0.39, 0.29) is 48.8 Å². The highest BCUT2D eigenvalue weighted by Gasteiger charge is 2.29. The smallest absolute Gasteiger partial charge is 0.243 e. The third kappa shape index (κ3) is 9.45. The molecule has 0 saturated heterocycles. The van der Waals surface area contributed by atoms with Crippen molar-refractivity contribution < 1.29 is 22.7 Å². The van der Waals surface area contributed by atoms with Crippen molar-refractivity contribution in [1.82, 2.24) is 10.2 Å². The minimum Gasteiger partial charge on any atom is -0.495 e. The fourth-order valence-electron chi connectivity index (χ4n) is 4.01. The number of nitrogens with zero attached hydrogens (tertiary/aromatic N) is 2. The van der Waals surface area contributed by atoms with E-state index in [0.29, 0.717) is 27.9 Å². The van der Waals surface area contributed by atoms with Crippen LogP contribution in [0.5, 0.6) is 5.75 Å². The molecule has 0 saturated carbocycles. The molecule has 0 spiro atoms. The second-order valence-corrected chi connectivity index (χ2v) is 12.4. The van der Waals surface area contributed by atoms with E-state index >= 15 is 0 Å². The summed E-state index contributed by atoms with van der Waals surface area (Å²) >= 11 is 18.5. The number of sulfonamides is 1. The highest BCUT2D eigenvalue weighted by Crippen LogP contribution is 2.30. The molecule has 0 fully saturated rings. The summed E-state index contributed by atoms with van der Waals surface area (Å²) in [7, 11) is -2.19. The number of nitrogens with one attached hydrogen (secondary N) is 1. The second kappa shape index (κ2) is 15.0. The van der Waals surface area contributed by atoms with Crippen molar-refractivity contribution in [2.75, 3.05) is 24.2 Å². The zero-order valence-corrected chi connectivity index (χ0v) is 25.9. The van der Waals surface area contributed by atoms with Crippen LogP contribution in [0.4, 0.5) is 5.69 Å². The fourth-order valence-corrected chi connectivity index (χ4v) is 5.54. The number of anilines is 1. The summed E-state index contributed by atoms with van der Waals surface area (Å²) in [5.74, 6) is -0.109. The second-order valence-electron chi connectivity index (χ2n) is 9.27. The number of hydrogen-bond acceptors (Lipinski definition) is 5. The molecular formula is C27H36Cl3N3O5S. The number of methoxy groups -OCH3 is 1. The SMILES string of the molecule is CC[C@H](C(=O)N[C@@H](C)CC)N(Cc1ccc(Cl)c(Cl)c1)C(=O)CCCN(c1ccc(OC)c(Cl)c1)S(C)(=O)=O. The van der Waals surface area contributed by atoms with Crippen molar-refractivity contribution >= 4 is 62.3 Å². The topological polar surface area (TPSA) is 96.0 Å². The van der Waals surface area contributed by atoms with E-state index < -0.39 is 16.1 Å². The van der Waals surface area contributed by atoms with Gasteiger partial charge in [-0.2, -0.15) is 0 Å². The van der Waals surface area contributed by atoms with Gasteiger partial charge in [-0.25, -0.2) is 8.42 Å². The predicted molar refractivity (Wildman–Crippen MR) is 158 cm³/mol. The van der Waals surface area contributed by atoms with E-state index in [0.717, 1.165) is 18.2 Å². The van der Waals surface area contributed by atoms with Gasteiger partial charge < -0.3 is 15.0 Å². The molecule has 0 aliphatic carbocycles. The molecule has 2 amide bonds. The van der Waals surface area contributed by atoms with Crippen molar-refractivity contribution in [3.63, 3.8) is 0 Å². The molecule has 0 aliphatic heterocycles. The number of hydrogen-bond donors (Lipinski definition) is 1. The largest absolute Gasteiger partial charge is 0.495 e. The normalized spacial score (nSPS) is 12.9. The Morgan fingerprint density at radius 1 is 1.00 bits per heavy atom. The third-order valence-corrected chi connectivity index (χ3v) is 8.53. The van der Waals surface area contributed by atoms with Crippen molar-refractivity contribution in [2.24, 2.45) is 0 Å². The first kappa shape index (κ1) is 33.0. The summed E-state index contributed by atoms with van der Waals surface area (Å²) in [6, 6.07) is 8.99. The number of ether oxygens (including phenoxy) is 1. The van der Waals surface area contributed by atoms with Gasteiger partial charge >= 0.3 is 0 Å². The van der Waals surface area contributed by atoms with E-state index in [4.69, 9.17) is 39.5 Å². The number of benzene rings is 2. The minimum atomic E-state index is -3.66. The first-order valence-electron chi connectivity index (χ1n) is 12.7. The molecule has 2 rings (SSSR count). The molecule has 2 aromatic rings. The molecule has 216 valence electrons. The number of rotatable bonds is 14. The van der Waals surface area contributed by atoms with E-state index in [1.54, 1.807) is 30.3 Å². The Morgan fingerprint density at radius 2 is 1.69 bits per heavy atom. The van der Waals surface area contributed by atoms with Crippen LogP contribution in [0.3, 0.4) is 0 Å². The van der Waals surface area contributed by atoms with Crippen LogP contribution in [-0.2, 0) is 26.2 Å². The van der Waals surface area contributed by atoms with Crippen LogP contribution < -0.4 is 14.4 Å². The molecule has 2 atom stereocenters. The van der Waals surface area contributed by atoms with Crippen LogP contribution in [0.25, 0.3) is 0 Å². The molecule has 0 unspecified atom stereocenters. The van der Waals surface area contributed by atoms with Crippen molar-refractivity contribution in [2.45, 2.75) is 65.1 Å². The Kier molecular flexibility index (Phi) is 12.7. The van der Waals surface area contributed by atoms with Crippen LogP contribution in [0, 0.1) is 0 Å². The summed E-state index contributed by atoms with van der Waals surface area (Å²) in [4.78, 5) is 28.2. The average Bonchev–Trinajstić information content (AvgIpc) is 2.87. The van der Waals surface area contributed by atoms with E-state index in [2.05, 4.69) is 5.32 Å². The van der Waals surface area contributed by atoms with Crippen LogP contribution in [0.2, 0.25) is 15.1 Å². The average molecular weight is 621 g/mol.